The molecule has 0 aromatic heterocycles. The molecule has 5 aliphatic rings. The Balaban J connectivity index is 1.63. The van der Waals surface area contributed by atoms with Crippen molar-refractivity contribution in [2.24, 2.45) is 22.2 Å². The van der Waals surface area contributed by atoms with E-state index in [2.05, 4.69) is 29.4 Å². The molecule has 0 spiro atoms. The summed E-state index contributed by atoms with van der Waals surface area (Å²) < 4.78 is 14.4. The normalized spacial score (nSPS) is 42.8. The molecule has 4 saturated carbocycles. The summed E-state index contributed by atoms with van der Waals surface area (Å²) in [7, 11) is 0. The number of carbonyl (C=O) groups is 1. The van der Waals surface area contributed by atoms with Gasteiger partial charge in [-0.05, 0) is 87.2 Å². The molecule has 6 atom stereocenters. The van der Waals surface area contributed by atoms with Crippen LogP contribution in [-0.4, -0.2) is 37.1 Å². The van der Waals surface area contributed by atoms with E-state index in [4.69, 9.17) is 11.6 Å². The summed E-state index contributed by atoms with van der Waals surface area (Å²) in [6.45, 7) is 7.56. The van der Waals surface area contributed by atoms with E-state index in [9.17, 15) is 9.18 Å². The van der Waals surface area contributed by atoms with E-state index in [0.29, 0.717) is 24.8 Å². The lowest BCUT2D eigenvalue weighted by atomic mass is 9.37. The number of amides is 1. The van der Waals surface area contributed by atoms with Crippen molar-refractivity contribution >= 4 is 17.5 Å². The Bertz CT molecular complexity index is 751. The predicted molar refractivity (Wildman–Crippen MR) is 121 cm³/mol. The zero-order valence-corrected chi connectivity index (χ0v) is 18.9. The van der Waals surface area contributed by atoms with Gasteiger partial charge in [0.2, 0.25) is 5.91 Å². The Hall–Kier alpha value is -1.13. The van der Waals surface area contributed by atoms with E-state index in [-0.39, 0.29) is 22.8 Å². The van der Waals surface area contributed by atoms with Gasteiger partial charge in [-0.3, -0.25) is 4.79 Å². The molecule has 0 aromatic carbocycles. The molecule has 30 heavy (non-hydrogen) atoms. The maximum atomic E-state index is 14.4. The first-order valence-electron chi connectivity index (χ1n) is 11.6. The maximum Gasteiger partial charge on any atom is 0.226 e. The molecule has 1 saturated heterocycles. The zero-order chi connectivity index (χ0) is 21.4. The SMILES string of the molecule is C=C(/C=C\C=C/C)[C@]12C[C@@H]3CC(C(=O)N[C@@H]4CCNC[C@H]4F)(C[C@](CCCl)(C3)C1)C2. The second-order valence-corrected chi connectivity index (χ2v) is 10.9. The zero-order valence-electron chi connectivity index (χ0n) is 18.2. The largest absolute Gasteiger partial charge is 0.350 e. The molecule has 166 valence electrons. The lowest BCUT2D eigenvalue weighted by Crippen LogP contribution is -2.63. The van der Waals surface area contributed by atoms with Gasteiger partial charge in [0.1, 0.15) is 6.17 Å². The highest BCUT2D eigenvalue weighted by Gasteiger charge is 2.65. The van der Waals surface area contributed by atoms with Gasteiger partial charge in [-0.2, -0.15) is 0 Å². The van der Waals surface area contributed by atoms with Gasteiger partial charge in [0, 0.05) is 12.4 Å². The molecule has 0 radical (unpaired) electrons. The average Bonchev–Trinajstić information content (AvgIpc) is 2.68. The van der Waals surface area contributed by atoms with Crippen LogP contribution in [0.3, 0.4) is 0 Å². The number of nitrogens with one attached hydrogen (secondary N) is 2. The molecule has 1 aliphatic heterocycles. The summed E-state index contributed by atoms with van der Waals surface area (Å²) in [6, 6.07) is -0.371. The number of rotatable bonds is 7. The van der Waals surface area contributed by atoms with Gasteiger partial charge in [0.25, 0.3) is 0 Å². The minimum atomic E-state index is -1.01. The first kappa shape index (κ1) is 22.1. The number of alkyl halides is 2. The van der Waals surface area contributed by atoms with E-state index < -0.39 is 11.6 Å². The van der Waals surface area contributed by atoms with Crippen LogP contribution in [0, 0.1) is 22.2 Å². The number of allylic oxidation sites excluding steroid dienone is 5. The molecule has 1 heterocycles. The van der Waals surface area contributed by atoms with Crippen molar-refractivity contribution in [2.75, 3.05) is 19.0 Å². The van der Waals surface area contributed by atoms with Crippen LogP contribution >= 0.6 is 11.6 Å². The van der Waals surface area contributed by atoms with Crippen LogP contribution in [0.5, 0.6) is 0 Å². The van der Waals surface area contributed by atoms with Gasteiger partial charge in [0.15, 0.2) is 0 Å². The van der Waals surface area contributed by atoms with E-state index >= 15 is 0 Å². The molecule has 5 fully saturated rings. The van der Waals surface area contributed by atoms with Crippen molar-refractivity contribution in [3.8, 4) is 0 Å². The van der Waals surface area contributed by atoms with Crippen LogP contribution in [0.4, 0.5) is 4.39 Å². The van der Waals surface area contributed by atoms with E-state index in [0.717, 1.165) is 50.6 Å². The fraction of sp³-hybridized carbons (Fsp3) is 0.720. The average molecular weight is 435 g/mol. The highest BCUT2D eigenvalue weighted by Crippen LogP contribution is 2.72. The number of carbonyl (C=O) groups excluding carboxylic acids is 1. The second kappa shape index (κ2) is 8.43. The van der Waals surface area contributed by atoms with E-state index in [1.54, 1.807) is 0 Å². The molecule has 4 aliphatic carbocycles. The second-order valence-electron chi connectivity index (χ2n) is 10.5. The van der Waals surface area contributed by atoms with Gasteiger partial charge < -0.3 is 10.6 Å². The Morgan fingerprint density at radius 1 is 1.23 bits per heavy atom. The third kappa shape index (κ3) is 3.90. The first-order valence-corrected chi connectivity index (χ1v) is 12.1. The van der Waals surface area contributed by atoms with E-state index in [1.807, 2.05) is 19.1 Å². The first-order chi connectivity index (χ1) is 14.4. The van der Waals surface area contributed by atoms with Crippen molar-refractivity contribution < 1.29 is 9.18 Å². The fourth-order valence-electron chi connectivity index (χ4n) is 7.49. The molecular formula is C25H36ClFN2O. The highest BCUT2D eigenvalue weighted by atomic mass is 35.5. The molecule has 0 aromatic rings. The standard InChI is InChI=1S/C25H36ClFN2O/c1-3-4-5-6-18(2)24-12-19-11-23(15-24,8-9-26)16-25(13-19,17-24)22(30)29-21-7-10-28-14-20(21)27/h3-6,19-21,28H,2,7-17H2,1H3,(H,29,30)/b4-3-,6-5-/t19-,20-,21-,23-,24-,25?/m1/s1. The topological polar surface area (TPSA) is 41.1 Å². The minimum Gasteiger partial charge on any atom is -0.350 e. The lowest BCUT2D eigenvalue weighted by Gasteiger charge is -2.66. The van der Waals surface area contributed by atoms with Crippen LogP contribution < -0.4 is 10.6 Å². The van der Waals surface area contributed by atoms with Crippen LogP contribution in [0.25, 0.3) is 0 Å². The Labute approximate surface area is 185 Å². The summed E-state index contributed by atoms with van der Waals surface area (Å²) in [5, 5.41) is 6.22. The molecule has 4 bridgehead atoms. The Morgan fingerprint density at radius 2 is 2.00 bits per heavy atom. The van der Waals surface area contributed by atoms with Crippen molar-refractivity contribution in [3.05, 3.63) is 36.5 Å². The summed E-state index contributed by atoms with van der Waals surface area (Å²) in [5.74, 6) is 1.23. The molecule has 1 amide bonds. The van der Waals surface area contributed by atoms with Crippen molar-refractivity contribution in [1.82, 2.24) is 10.6 Å². The summed E-state index contributed by atoms with van der Waals surface area (Å²) in [4.78, 5) is 13.7. The predicted octanol–water partition coefficient (Wildman–Crippen LogP) is 5.08. The molecule has 3 nitrogen and oxygen atoms in total. The quantitative estimate of drug-likeness (QED) is 0.433. The molecule has 1 unspecified atom stereocenters. The molecule has 2 N–H and O–H groups in total. The van der Waals surface area contributed by atoms with Crippen LogP contribution in [0.2, 0.25) is 0 Å². The van der Waals surface area contributed by atoms with Gasteiger partial charge in [-0.1, -0.05) is 30.9 Å². The number of hydrogen-bond acceptors (Lipinski definition) is 2. The lowest BCUT2D eigenvalue weighted by molar-refractivity contribution is -0.171. The van der Waals surface area contributed by atoms with Crippen molar-refractivity contribution in [2.45, 2.75) is 70.5 Å². The molecular weight excluding hydrogens is 399 g/mol. The van der Waals surface area contributed by atoms with Crippen molar-refractivity contribution in [3.63, 3.8) is 0 Å². The van der Waals surface area contributed by atoms with Crippen LogP contribution in [-0.2, 0) is 4.79 Å². The Morgan fingerprint density at radius 3 is 2.73 bits per heavy atom. The Kier molecular flexibility index (Phi) is 6.20. The summed E-state index contributed by atoms with van der Waals surface area (Å²) in [6.07, 6.45) is 14.9. The van der Waals surface area contributed by atoms with Gasteiger partial charge in [-0.25, -0.2) is 4.39 Å². The summed E-state index contributed by atoms with van der Waals surface area (Å²) in [5.41, 5.74) is 0.808. The third-order valence-corrected chi connectivity index (χ3v) is 8.49. The number of hydrogen-bond donors (Lipinski definition) is 2. The monoisotopic (exact) mass is 434 g/mol. The third-order valence-electron chi connectivity index (χ3n) is 8.30. The van der Waals surface area contributed by atoms with Crippen LogP contribution in [0.15, 0.2) is 36.5 Å². The van der Waals surface area contributed by atoms with Crippen LogP contribution in [0.1, 0.15) is 58.3 Å². The van der Waals surface area contributed by atoms with Gasteiger partial charge in [0.05, 0.1) is 11.5 Å². The fourth-order valence-corrected chi connectivity index (χ4v) is 7.89. The summed E-state index contributed by atoms with van der Waals surface area (Å²) >= 11 is 6.26. The van der Waals surface area contributed by atoms with E-state index in [1.165, 1.54) is 6.42 Å². The number of piperidine rings is 1. The van der Waals surface area contributed by atoms with Gasteiger partial charge in [-0.15, -0.1) is 11.6 Å². The smallest absolute Gasteiger partial charge is 0.226 e. The van der Waals surface area contributed by atoms with Gasteiger partial charge >= 0.3 is 0 Å². The molecule has 5 heteroatoms. The maximum absolute atomic E-state index is 14.4. The highest BCUT2D eigenvalue weighted by molar-refractivity contribution is 6.17. The van der Waals surface area contributed by atoms with Crippen molar-refractivity contribution in [1.29, 1.82) is 0 Å². The minimum absolute atomic E-state index is 0.0376. The molecule has 5 rings (SSSR count). The number of halogens is 2.